The molecule has 0 aliphatic heterocycles. The number of hydrogen-bond donors (Lipinski definition) is 2. The smallest absolute Gasteiger partial charge is 0.340 e. The van der Waals surface area contributed by atoms with Crippen LogP contribution < -0.4 is 10.1 Å². The van der Waals surface area contributed by atoms with Gasteiger partial charge in [0.25, 0.3) is 5.91 Å². The molecule has 140 valence electrons. The molecule has 0 radical (unpaired) electrons. The number of para-hydroxylation sites is 1. The Hall–Kier alpha value is -2.76. The average molecular weight is 358 g/mol. The molecule has 0 bridgehead atoms. The summed E-state index contributed by atoms with van der Waals surface area (Å²) in [4.78, 5) is 28.0. The van der Waals surface area contributed by atoms with Gasteiger partial charge < -0.3 is 19.8 Å². The molecule has 1 amide bonds. The summed E-state index contributed by atoms with van der Waals surface area (Å²) >= 11 is 0. The minimum absolute atomic E-state index is 0.201. The van der Waals surface area contributed by atoms with Crippen molar-refractivity contribution in [2.75, 3.05) is 13.7 Å². The summed E-state index contributed by atoms with van der Waals surface area (Å²) in [5.74, 6) is 0.0414. The van der Waals surface area contributed by atoms with Crippen molar-refractivity contribution in [1.82, 2.24) is 10.3 Å². The Bertz CT molecular complexity index is 795. The maximum Gasteiger partial charge on any atom is 0.340 e. The van der Waals surface area contributed by atoms with Gasteiger partial charge in [-0.1, -0.05) is 25.1 Å². The van der Waals surface area contributed by atoms with Gasteiger partial charge in [0.05, 0.1) is 25.3 Å². The van der Waals surface area contributed by atoms with Gasteiger partial charge >= 0.3 is 5.97 Å². The summed E-state index contributed by atoms with van der Waals surface area (Å²) < 4.78 is 10.5. The van der Waals surface area contributed by atoms with Gasteiger partial charge in [0.15, 0.2) is 0 Å². The van der Waals surface area contributed by atoms with Gasteiger partial charge in [-0.05, 0) is 38.8 Å². The van der Waals surface area contributed by atoms with Crippen molar-refractivity contribution in [3.63, 3.8) is 0 Å². The Morgan fingerprint density at radius 3 is 2.50 bits per heavy atom. The normalized spacial score (nSPS) is 11.7. The Kier molecular flexibility index (Phi) is 6.44. The molecule has 6 nitrogen and oxygen atoms in total. The molecule has 2 N–H and O–H groups in total. The summed E-state index contributed by atoms with van der Waals surface area (Å²) in [6.07, 6.45) is 0.704. The van der Waals surface area contributed by atoms with Crippen molar-refractivity contribution in [1.29, 1.82) is 0 Å². The molecular weight excluding hydrogens is 332 g/mol. The number of rotatable bonds is 7. The standard InChI is InChI=1S/C20H26N2O4/c1-6-15(14-10-8-9-11-16(14)25-5)22-19(23)18-12(3)17(13(4)21-18)20(24)26-7-2/h8-11,15,21H,6-7H2,1-5H3,(H,22,23). The maximum absolute atomic E-state index is 12.8. The highest BCUT2D eigenvalue weighted by molar-refractivity contribution is 6.00. The van der Waals surface area contributed by atoms with Crippen LogP contribution in [0.5, 0.6) is 5.75 Å². The number of carbonyl (C=O) groups excluding carboxylic acids is 2. The zero-order valence-corrected chi connectivity index (χ0v) is 15.9. The molecule has 1 atom stereocenters. The number of H-pyrrole nitrogens is 1. The van der Waals surface area contributed by atoms with Crippen LogP contribution in [-0.2, 0) is 4.74 Å². The van der Waals surface area contributed by atoms with Gasteiger partial charge in [-0.2, -0.15) is 0 Å². The van der Waals surface area contributed by atoms with Crippen LogP contribution in [-0.4, -0.2) is 30.6 Å². The number of carbonyl (C=O) groups is 2. The molecule has 0 saturated heterocycles. The number of methoxy groups -OCH3 is 1. The number of aromatic amines is 1. The molecule has 1 unspecified atom stereocenters. The van der Waals surface area contributed by atoms with Crippen LogP contribution in [0.15, 0.2) is 24.3 Å². The third-order valence-corrected chi connectivity index (χ3v) is 4.37. The van der Waals surface area contributed by atoms with Gasteiger partial charge in [0, 0.05) is 11.3 Å². The lowest BCUT2D eigenvalue weighted by Gasteiger charge is -2.20. The second kappa shape index (κ2) is 8.56. The van der Waals surface area contributed by atoms with Crippen LogP contribution in [0.1, 0.15) is 64.0 Å². The molecule has 1 aromatic carbocycles. The molecule has 1 aromatic heterocycles. The number of aryl methyl sites for hydroxylation is 1. The lowest BCUT2D eigenvalue weighted by Crippen LogP contribution is -2.29. The molecule has 0 aliphatic rings. The van der Waals surface area contributed by atoms with E-state index in [1.807, 2.05) is 31.2 Å². The number of benzene rings is 1. The number of nitrogens with one attached hydrogen (secondary N) is 2. The number of amides is 1. The molecular formula is C20H26N2O4. The first kappa shape index (κ1) is 19.6. The fourth-order valence-corrected chi connectivity index (χ4v) is 3.07. The molecule has 0 saturated carbocycles. The summed E-state index contributed by atoms with van der Waals surface area (Å²) in [5, 5.41) is 3.02. The molecule has 2 aromatic rings. The van der Waals surface area contributed by atoms with Crippen molar-refractivity contribution in [2.45, 2.75) is 40.2 Å². The maximum atomic E-state index is 12.8. The van der Waals surface area contributed by atoms with Crippen LogP contribution in [0, 0.1) is 13.8 Å². The monoisotopic (exact) mass is 358 g/mol. The number of aromatic nitrogens is 1. The highest BCUT2D eigenvalue weighted by Gasteiger charge is 2.25. The predicted molar refractivity (Wildman–Crippen MR) is 99.7 cm³/mol. The van der Waals surface area contributed by atoms with E-state index in [0.29, 0.717) is 28.9 Å². The Morgan fingerprint density at radius 1 is 1.19 bits per heavy atom. The molecule has 0 aliphatic carbocycles. The van der Waals surface area contributed by atoms with Crippen molar-refractivity contribution in [2.24, 2.45) is 0 Å². The van der Waals surface area contributed by atoms with E-state index in [2.05, 4.69) is 10.3 Å². The van der Waals surface area contributed by atoms with Gasteiger partial charge in [0.2, 0.25) is 0 Å². The van der Waals surface area contributed by atoms with E-state index in [0.717, 1.165) is 11.3 Å². The molecule has 0 fully saturated rings. The van der Waals surface area contributed by atoms with E-state index in [4.69, 9.17) is 9.47 Å². The summed E-state index contributed by atoms with van der Waals surface area (Å²) in [7, 11) is 1.61. The number of ether oxygens (including phenoxy) is 2. The first-order chi connectivity index (χ1) is 12.4. The van der Waals surface area contributed by atoms with Crippen molar-refractivity contribution in [3.8, 4) is 5.75 Å². The van der Waals surface area contributed by atoms with E-state index < -0.39 is 5.97 Å². The number of hydrogen-bond acceptors (Lipinski definition) is 4. The predicted octanol–water partition coefficient (Wildman–Crippen LogP) is 3.70. The lowest BCUT2D eigenvalue weighted by molar-refractivity contribution is 0.0525. The molecule has 1 heterocycles. The van der Waals surface area contributed by atoms with Crippen molar-refractivity contribution in [3.05, 3.63) is 52.3 Å². The molecule has 26 heavy (non-hydrogen) atoms. The Balaban J connectivity index is 2.29. The highest BCUT2D eigenvalue weighted by atomic mass is 16.5. The minimum Gasteiger partial charge on any atom is -0.496 e. The second-order valence-corrected chi connectivity index (χ2v) is 6.02. The van der Waals surface area contributed by atoms with Gasteiger partial charge in [0.1, 0.15) is 11.4 Å². The first-order valence-electron chi connectivity index (χ1n) is 8.74. The van der Waals surface area contributed by atoms with Gasteiger partial charge in [-0.15, -0.1) is 0 Å². The third kappa shape index (κ3) is 3.90. The minimum atomic E-state index is -0.422. The van der Waals surface area contributed by atoms with Crippen LogP contribution >= 0.6 is 0 Å². The van der Waals surface area contributed by atoms with E-state index in [-0.39, 0.29) is 18.6 Å². The molecule has 6 heteroatoms. The SMILES string of the molecule is CCOC(=O)c1c(C)[nH]c(C(=O)NC(CC)c2ccccc2OC)c1C. The third-order valence-electron chi connectivity index (χ3n) is 4.37. The van der Waals surface area contributed by atoms with E-state index in [1.54, 1.807) is 27.9 Å². The van der Waals surface area contributed by atoms with Crippen LogP contribution in [0.3, 0.4) is 0 Å². The van der Waals surface area contributed by atoms with Crippen molar-refractivity contribution < 1.29 is 19.1 Å². The zero-order valence-electron chi connectivity index (χ0n) is 15.9. The van der Waals surface area contributed by atoms with Gasteiger partial charge in [-0.3, -0.25) is 4.79 Å². The first-order valence-corrected chi connectivity index (χ1v) is 8.74. The van der Waals surface area contributed by atoms with E-state index in [9.17, 15) is 9.59 Å². The van der Waals surface area contributed by atoms with Crippen LogP contribution in [0.2, 0.25) is 0 Å². The quantitative estimate of drug-likeness (QED) is 0.740. The van der Waals surface area contributed by atoms with Crippen LogP contribution in [0.25, 0.3) is 0 Å². The van der Waals surface area contributed by atoms with E-state index >= 15 is 0 Å². The topological polar surface area (TPSA) is 80.4 Å². The van der Waals surface area contributed by atoms with E-state index in [1.165, 1.54) is 0 Å². The fourth-order valence-electron chi connectivity index (χ4n) is 3.07. The summed E-state index contributed by atoms with van der Waals surface area (Å²) in [6.45, 7) is 7.54. The highest BCUT2D eigenvalue weighted by Crippen LogP contribution is 2.27. The summed E-state index contributed by atoms with van der Waals surface area (Å²) in [6, 6.07) is 7.40. The second-order valence-electron chi connectivity index (χ2n) is 6.02. The molecule has 2 rings (SSSR count). The van der Waals surface area contributed by atoms with Gasteiger partial charge in [-0.25, -0.2) is 4.79 Å². The van der Waals surface area contributed by atoms with Crippen LogP contribution in [0.4, 0.5) is 0 Å². The number of esters is 1. The lowest BCUT2D eigenvalue weighted by atomic mass is 10.0. The zero-order chi connectivity index (χ0) is 19.3. The fraction of sp³-hybridized carbons (Fsp3) is 0.400. The summed E-state index contributed by atoms with van der Waals surface area (Å²) in [5.41, 5.74) is 2.92. The largest absolute Gasteiger partial charge is 0.496 e. The molecule has 0 spiro atoms. The Morgan fingerprint density at radius 2 is 1.88 bits per heavy atom. The Labute approximate surface area is 153 Å². The average Bonchev–Trinajstić information content (AvgIpc) is 2.94. The van der Waals surface area contributed by atoms with Crippen molar-refractivity contribution >= 4 is 11.9 Å².